The lowest BCUT2D eigenvalue weighted by Gasteiger charge is -2.35. The molecule has 0 spiro atoms. The zero-order valence-electron chi connectivity index (χ0n) is 15.3. The number of nitrogens with one attached hydrogen (secondary N) is 1. The standard InChI is InChI=1S/C19H28N2O4/c1-4-5-10-24-19(23)16-6-8-17(9-7-16)20-11-18(22)21-12-14(2)25-15(3)13-21/h6-9,14-15,20H,4-5,10-13H2,1-3H3. The minimum absolute atomic E-state index is 0.0463. The third-order valence-electron chi connectivity index (χ3n) is 4.07. The number of anilines is 1. The minimum Gasteiger partial charge on any atom is -0.462 e. The van der Waals surface area contributed by atoms with Crippen molar-refractivity contribution in [2.75, 3.05) is 31.6 Å². The zero-order chi connectivity index (χ0) is 18.2. The molecule has 0 aromatic heterocycles. The van der Waals surface area contributed by atoms with E-state index in [2.05, 4.69) is 5.32 Å². The Bertz CT molecular complexity index is 563. The molecule has 1 aromatic carbocycles. The van der Waals surface area contributed by atoms with Gasteiger partial charge in [0.15, 0.2) is 0 Å². The van der Waals surface area contributed by atoms with Crippen molar-refractivity contribution in [3.05, 3.63) is 29.8 Å². The van der Waals surface area contributed by atoms with E-state index in [0.717, 1.165) is 18.5 Å². The number of benzene rings is 1. The lowest BCUT2D eigenvalue weighted by atomic mass is 10.2. The van der Waals surface area contributed by atoms with Gasteiger partial charge >= 0.3 is 5.97 Å². The van der Waals surface area contributed by atoms with Crippen LogP contribution in [0.25, 0.3) is 0 Å². The lowest BCUT2D eigenvalue weighted by molar-refractivity contribution is -0.141. The number of carbonyl (C=O) groups excluding carboxylic acids is 2. The first kappa shape index (κ1) is 19.2. The van der Waals surface area contributed by atoms with Crippen LogP contribution in [0.5, 0.6) is 0 Å². The fourth-order valence-corrected chi connectivity index (χ4v) is 2.79. The minimum atomic E-state index is -0.313. The van der Waals surface area contributed by atoms with E-state index in [4.69, 9.17) is 9.47 Å². The number of unbranched alkanes of at least 4 members (excludes halogenated alkanes) is 1. The summed E-state index contributed by atoms with van der Waals surface area (Å²) in [6, 6.07) is 6.99. The van der Waals surface area contributed by atoms with Gasteiger partial charge in [0.2, 0.25) is 5.91 Å². The smallest absolute Gasteiger partial charge is 0.338 e. The second kappa shape index (κ2) is 9.42. The molecule has 1 aromatic rings. The maximum Gasteiger partial charge on any atom is 0.338 e. The molecule has 0 aliphatic carbocycles. The molecule has 0 saturated carbocycles. The average Bonchev–Trinajstić information content (AvgIpc) is 2.59. The molecule has 0 bridgehead atoms. The largest absolute Gasteiger partial charge is 0.462 e. The van der Waals surface area contributed by atoms with Crippen LogP contribution in [-0.2, 0) is 14.3 Å². The number of morpholine rings is 1. The van der Waals surface area contributed by atoms with Gasteiger partial charge in [0.05, 0.1) is 30.9 Å². The van der Waals surface area contributed by atoms with Gasteiger partial charge in [-0.1, -0.05) is 13.3 Å². The van der Waals surface area contributed by atoms with Crippen LogP contribution in [0.2, 0.25) is 0 Å². The third kappa shape index (κ3) is 6.05. The van der Waals surface area contributed by atoms with Crippen LogP contribution in [-0.4, -0.2) is 55.2 Å². The molecule has 1 fully saturated rings. The van der Waals surface area contributed by atoms with Crippen molar-refractivity contribution in [3.8, 4) is 0 Å². The van der Waals surface area contributed by atoms with Gasteiger partial charge in [-0.2, -0.15) is 0 Å². The monoisotopic (exact) mass is 348 g/mol. The topological polar surface area (TPSA) is 67.9 Å². The summed E-state index contributed by atoms with van der Waals surface area (Å²) in [5.41, 5.74) is 1.32. The van der Waals surface area contributed by atoms with Crippen LogP contribution < -0.4 is 5.32 Å². The van der Waals surface area contributed by atoms with Gasteiger partial charge < -0.3 is 19.7 Å². The second-order valence-electron chi connectivity index (χ2n) is 6.48. The number of esters is 1. The molecule has 2 unspecified atom stereocenters. The Labute approximate surface area is 149 Å². The molecule has 0 radical (unpaired) electrons. The van der Waals surface area contributed by atoms with E-state index < -0.39 is 0 Å². The number of carbonyl (C=O) groups is 2. The Hall–Kier alpha value is -2.08. The summed E-state index contributed by atoms with van der Waals surface area (Å²) in [5.74, 6) is -0.266. The molecule has 25 heavy (non-hydrogen) atoms. The number of amides is 1. The summed E-state index contributed by atoms with van der Waals surface area (Å²) < 4.78 is 10.8. The molecule has 2 atom stereocenters. The molecule has 138 valence electrons. The van der Waals surface area contributed by atoms with Crippen molar-refractivity contribution in [2.24, 2.45) is 0 Å². The number of rotatable bonds is 7. The molecular formula is C19H28N2O4. The van der Waals surface area contributed by atoms with Gasteiger partial charge in [-0.15, -0.1) is 0 Å². The van der Waals surface area contributed by atoms with Crippen LogP contribution in [0.1, 0.15) is 44.0 Å². The predicted molar refractivity (Wildman–Crippen MR) is 96.7 cm³/mol. The van der Waals surface area contributed by atoms with Crippen molar-refractivity contribution in [2.45, 2.75) is 45.8 Å². The zero-order valence-corrected chi connectivity index (χ0v) is 15.3. The Kier molecular flexibility index (Phi) is 7.25. The summed E-state index contributed by atoms with van der Waals surface area (Å²) in [7, 11) is 0. The molecule has 1 N–H and O–H groups in total. The van der Waals surface area contributed by atoms with Gasteiger partial charge in [0, 0.05) is 18.8 Å². The molecule has 1 aliphatic heterocycles. The van der Waals surface area contributed by atoms with E-state index in [0.29, 0.717) is 25.3 Å². The van der Waals surface area contributed by atoms with Gasteiger partial charge in [0.25, 0.3) is 0 Å². The van der Waals surface area contributed by atoms with E-state index in [1.54, 1.807) is 24.3 Å². The normalized spacial score (nSPS) is 20.2. The molecule has 1 heterocycles. The van der Waals surface area contributed by atoms with E-state index >= 15 is 0 Å². The Morgan fingerprint density at radius 2 is 1.84 bits per heavy atom. The van der Waals surface area contributed by atoms with Gasteiger partial charge in [-0.05, 0) is 44.5 Å². The summed E-state index contributed by atoms with van der Waals surface area (Å²) in [6.45, 7) is 7.90. The van der Waals surface area contributed by atoms with E-state index in [9.17, 15) is 9.59 Å². The Morgan fingerprint density at radius 1 is 1.20 bits per heavy atom. The molecule has 6 heteroatoms. The van der Waals surface area contributed by atoms with Crippen molar-refractivity contribution >= 4 is 17.6 Å². The molecular weight excluding hydrogens is 320 g/mol. The van der Waals surface area contributed by atoms with E-state index in [1.165, 1.54) is 0 Å². The van der Waals surface area contributed by atoms with E-state index in [-0.39, 0.29) is 30.6 Å². The number of hydrogen-bond acceptors (Lipinski definition) is 5. The van der Waals surface area contributed by atoms with Crippen molar-refractivity contribution in [3.63, 3.8) is 0 Å². The second-order valence-corrected chi connectivity index (χ2v) is 6.48. The molecule has 1 amide bonds. The first-order chi connectivity index (χ1) is 12.0. The highest BCUT2D eigenvalue weighted by atomic mass is 16.5. The summed E-state index contributed by atoms with van der Waals surface area (Å²) in [6.07, 6.45) is 1.98. The quantitative estimate of drug-likeness (QED) is 0.606. The highest BCUT2D eigenvalue weighted by Crippen LogP contribution is 2.13. The van der Waals surface area contributed by atoms with Crippen molar-refractivity contribution in [1.82, 2.24) is 4.90 Å². The number of hydrogen-bond donors (Lipinski definition) is 1. The predicted octanol–water partition coefficient (Wildman–Crippen LogP) is 2.69. The van der Waals surface area contributed by atoms with Crippen LogP contribution in [0, 0.1) is 0 Å². The highest BCUT2D eigenvalue weighted by Gasteiger charge is 2.25. The molecule has 1 saturated heterocycles. The molecule has 6 nitrogen and oxygen atoms in total. The van der Waals surface area contributed by atoms with Crippen LogP contribution in [0.4, 0.5) is 5.69 Å². The number of nitrogens with zero attached hydrogens (tertiary/aromatic N) is 1. The fraction of sp³-hybridized carbons (Fsp3) is 0.579. The maximum atomic E-state index is 12.3. The Morgan fingerprint density at radius 3 is 2.44 bits per heavy atom. The first-order valence-electron chi connectivity index (χ1n) is 8.94. The SMILES string of the molecule is CCCCOC(=O)c1ccc(NCC(=O)N2CC(C)OC(C)C2)cc1. The lowest BCUT2D eigenvalue weighted by Crippen LogP contribution is -2.49. The molecule has 2 rings (SSSR count). The van der Waals surface area contributed by atoms with Crippen LogP contribution >= 0.6 is 0 Å². The average molecular weight is 348 g/mol. The summed E-state index contributed by atoms with van der Waals surface area (Å²) >= 11 is 0. The summed E-state index contributed by atoms with van der Waals surface area (Å²) in [5, 5.41) is 3.11. The first-order valence-corrected chi connectivity index (χ1v) is 8.94. The van der Waals surface area contributed by atoms with Gasteiger partial charge in [-0.3, -0.25) is 4.79 Å². The Balaban J connectivity index is 1.81. The highest BCUT2D eigenvalue weighted by molar-refractivity contribution is 5.90. The van der Waals surface area contributed by atoms with Gasteiger partial charge in [0.1, 0.15) is 0 Å². The fourth-order valence-electron chi connectivity index (χ4n) is 2.79. The summed E-state index contributed by atoms with van der Waals surface area (Å²) in [4.78, 5) is 26.0. The van der Waals surface area contributed by atoms with Crippen molar-refractivity contribution in [1.29, 1.82) is 0 Å². The van der Waals surface area contributed by atoms with Gasteiger partial charge in [-0.25, -0.2) is 4.79 Å². The number of ether oxygens (including phenoxy) is 2. The maximum absolute atomic E-state index is 12.3. The van der Waals surface area contributed by atoms with E-state index in [1.807, 2.05) is 25.7 Å². The van der Waals surface area contributed by atoms with Crippen molar-refractivity contribution < 1.29 is 19.1 Å². The van der Waals surface area contributed by atoms with Crippen LogP contribution in [0.15, 0.2) is 24.3 Å². The van der Waals surface area contributed by atoms with Crippen LogP contribution in [0.3, 0.4) is 0 Å². The third-order valence-corrected chi connectivity index (χ3v) is 4.07. The molecule has 1 aliphatic rings.